The second kappa shape index (κ2) is 21.5. The fourth-order valence-corrected chi connectivity index (χ4v) is 3.73. The van der Waals surface area contributed by atoms with Crippen LogP contribution in [0.25, 0.3) is 0 Å². The average Bonchev–Trinajstić information content (AvgIpc) is 2.66. The molecule has 0 aliphatic heterocycles. The lowest BCUT2D eigenvalue weighted by Crippen LogP contribution is -2.25. The van der Waals surface area contributed by atoms with E-state index in [1.807, 2.05) is 0 Å². The first kappa shape index (κ1) is 27.8. The van der Waals surface area contributed by atoms with Gasteiger partial charge in [-0.1, -0.05) is 85.5 Å². The van der Waals surface area contributed by atoms with Crippen molar-refractivity contribution >= 4 is 0 Å². The SMILES string of the molecule is CCCCCCCCCCCC(OCCOCCOCCO)C(C)CC(C)C. The first-order valence-electron chi connectivity index (χ1n) is 12.0. The van der Waals surface area contributed by atoms with Crippen LogP contribution in [0.15, 0.2) is 0 Å². The van der Waals surface area contributed by atoms with E-state index in [4.69, 9.17) is 19.3 Å². The van der Waals surface area contributed by atoms with E-state index in [2.05, 4.69) is 27.7 Å². The minimum atomic E-state index is 0.0669. The predicted octanol–water partition coefficient (Wildman–Crippen LogP) is 6.00. The molecule has 0 fully saturated rings. The van der Waals surface area contributed by atoms with Crippen molar-refractivity contribution in [2.75, 3.05) is 39.6 Å². The Morgan fingerprint density at radius 2 is 1.21 bits per heavy atom. The third-order valence-electron chi connectivity index (χ3n) is 5.24. The molecule has 0 aromatic rings. The molecule has 0 heterocycles. The number of unbranched alkanes of at least 4 members (excludes halogenated alkanes) is 8. The summed E-state index contributed by atoms with van der Waals surface area (Å²) in [5, 5.41) is 8.66. The minimum absolute atomic E-state index is 0.0669. The van der Waals surface area contributed by atoms with Gasteiger partial charge in [-0.05, 0) is 24.7 Å². The van der Waals surface area contributed by atoms with Gasteiger partial charge in [0.25, 0.3) is 0 Å². The Morgan fingerprint density at radius 3 is 1.79 bits per heavy atom. The molecule has 0 amide bonds. The maximum Gasteiger partial charge on any atom is 0.0704 e. The van der Waals surface area contributed by atoms with Crippen LogP contribution in [0, 0.1) is 11.8 Å². The van der Waals surface area contributed by atoms with Crippen molar-refractivity contribution < 1.29 is 19.3 Å². The Labute approximate surface area is 175 Å². The lowest BCUT2D eigenvalue weighted by molar-refractivity contribution is -0.0364. The zero-order valence-electron chi connectivity index (χ0n) is 19.4. The van der Waals surface area contributed by atoms with Crippen molar-refractivity contribution in [2.45, 2.75) is 104 Å². The molecule has 0 radical (unpaired) electrons. The van der Waals surface area contributed by atoms with E-state index in [9.17, 15) is 0 Å². The second-order valence-electron chi connectivity index (χ2n) is 8.58. The van der Waals surface area contributed by atoms with Crippen molar-refractivity contribution in [1.82, 2.24) is 0 Å². The maximum absolute atomic E-state index is 8.66. The highest BCUT2D eigenvalue weighted by Gasteiger charge is 2.18. The molecule has 0 bridgehead atoms. The Kier molecular flexibility index (Phi) is 21.4. The van der Waals surface area contributed by atoms with Crippen LogP contribution < -0.4 is 0 Å². The van der Waals surface area contributed by atoms with Crippen molar-refractivity contribution in [2.24, 2.45) is 11.8 Å². The van der Waals surface area contributed by atoms with E-state index < -0.39 is 0 Å². The summed E-state index contributed by atoms with van der Waals surface area (Å²) in [4.78, 5) is 0. The lowest BCUT2D eigenvalue weighted by Gasteiger charge is -2.26. The fraction of sp³-hybridized carbons (Fsp3) is 1.00. The molecule has 0 aromatic carbocycles. The summed E-state index contributed by atoms with van der Waals surface area (Å²) in [5.41, 5.74) is 0. The minimum Gasteiger partial charge on any atom is -0.394 e. The number of aliphatic hydroxyl groups is 1. The largest absolute Gasteiger partial charge is 0.394 e. The molecule has 2 atom stereocenters. The summed E-state index contributed by atoms with van der Waals surface area (Å²) in [6.45, 7) is 12.0. The third kappa shape index (κ3) is 19.2. The lowest BCUT2D eigenvalue weighted by atomic mass is 9.90. The molecule has 0 aromatic heterocycles. The summed E-state index contributed by atoms with van der Waals surface area (Å²) in [7, 11) is 0. The highest BCUT2D eigenvalue weighted by atomic mass is 16.5. The molecule has 0 saturated carbocycles. The first-order valence-corrected chi connectivity index (χ1v) is 12.0. The molecule has 1 N–H and O–H groups in total. The number of ether oxygens (including phenoxy) is 3. The highest BCUT2D eigenvalue weighted by molar-refractivity contribution is 4.69. The Morgan fingerprint density at radius 1 is 0.679 bits per heavy atom. The molecular formula is C24H50O4. The molecule has 4 heteroatoms. The summed E-state index contributed by atoms with van der Waals surface area (Å²) in [5.74, 6) is 1.31. The Bertz CT molecular complexity index is 296. The summed E-state index contributed by atoms with van der Waals surface area (Å²) < 4.78 is 16.9. The van der Waals surface area contributed by atoms with E-state index in [-0.39, 0.29) is 6.61 Å². The second-order valence-corrected chi connectivity index (χ2v) is 8.58. The molecule has 28 heavy (non-hydrogen) atoms. The molecular weight excluding hydrogens is 352 g/mol. The van der Waals surface area contributed by atoms with Gasteiger partial charge in [-0.3, -0.25) is 0 Å². The van der Waals surface area contributed by atoms with Gasteiger partial charge in [0.2, 0.25) is 0 Å². The van der Waals surface area contributed by atoms with E-state index >= 15 is 0 Å². The molecule has 4 nitrogen and oxygen atoms in total. The van der Waals surface area contributed by atoms with Crippen molar-refractivity contribution in [3.8, 4) is 0 Å². The topological polar surface area (TPSA) is 47.9 Å². The smallest absolute Gasteiger partial charge is 0.0704 e. The van der Waals surface area contributed by atoms with Crippen LogP contribution in [0.1, 0.15) is 98.3 Å². The predicted molar refractivity (Wildman–Crippen MR) is 119 cm³/mol. The van der Waals surface area contributed by atoms with Crippen LogP contribution in [0.3, 0.4) is 0 Å². The molecule has 0 rings (SSSR count). The van der Waals surface area contributed by atoms with E-state index in [1.54, 1.807) is 0 Å². The fourth-order valence-electron chi connectivity index (χ4n) is 3.73. The monoisotopic (exact) mass is 402 g/mol. The molecule has 0 aliphatic rings. The van der Waals surface area contributed by atoms with Crippen LogP contribution in [-0.2, 0) is 14.2 Å². The first-order chi connectivity index (χ1) is 13.6. The third-order valence-corrected chi connectivity index (χ3v) is 5.24. The maximum atomic E-state index is 8.66. The van der Waals surface area contributed by atoms with Gasteiger partial charge in [0.05, 0.1) is 45.7 Å². The normalized spacial score (nSPS) is 13.9. The number of aliphatic hydroxyl groups excluding tert-OH is 1. The number of hydrogen-bond donors (Lipinski definition) is 1. The van der Waals surface area contributed by atoms with Crippen LogP contribution in [0.2, 0.25) is 0 Å². The van der Waals surface area contributed by atoms with Gasteiger partial charge in [0.1, 0.15) is 0 Å². The molecule has 0 spiro atoms. The van der Waals surface area contributed by atoms with Gasteiger partial charge < -0.3 is 19.3 Å². The van der Waals surface area contributed by atoms with Gasteiger partial charge in [-0.15, -0.1) is 0 Å². The van der Waals surface area contributed by atoms with Crippen molar-refractivity contribution in [3.63, 3.8) is 0 Å². The summed E-state index contributed by atoms with van der Waals surface area (Å²) in [6, 6.07) is 0. The quantitative estimate of drug-likeness (QED) is 0.226. The Balaban J connectivity index is 3.85. The van der Waals surface area contributed by atoms with Crippen molar-refractivity contribution in [1.29, 1.82) is 0 Å². The average molecular weight is 403 g/mol. The highest BCUT2D eigenvalue weighted by Crippen LogP contribution is 2.22. The number of hydrogen-bond acceptors (Lipinski definition) is 4. The van der Waals surface area contributed by atoms with E-state index in [0.29, 0.717) is 51.0 Å². The van der Waals surface area contributed by atoms with Gasteiger partial charge in [0.15, 0.2) is 0 Å². The van der Waals surface area contributed by atoms with E-state index in [0.717, 1.165) is 0 Å². The molecule has 170 valence electrons. The van der Waals surface area contributed by atoms with Crippen LogP contribution >= 0.6 is 0 Å². The zero-order valence-corrected chi connectivity index (χ0v) is 19.4. The van der Waals surface area contributed by atoms with Gasteiger partial charge >= 0.3 is 0 Å². The number of rotatable bonds is 22. The zero-order chi connectivity index (χ0) is 20.9. The van der Waals surface area contributed by atoms with Gasteiger partial charge in [-0.25, -0.2) is 0 Å². The van der Waals surface area contributed by atoms with Crippen LogP contribution in [-0.4, -0.2) is 50.9 Å². The van der Waals surface area contributed by atoms with Gasteiger partial charge in [0, 0.05) is 0 Å². The van der Waals surface area contributed by atoms with Gasteiger partial charge in [-0.2, -0.15) is 0 Å². The standard InChI is InChI=1S/C24H50O4/c1-5-6-7-8-9-10-11-12-13-14-24(23(4)21-22(2)3)28-20-19-27-18-17-26-16-15-25/h22-25H,5-21H2,1-4H3. The van der Waals surface area contributed by atoms with Crippen molar-refractivity contribution in [3.05, 3.63) is 0 Å². The molecule has 2 unspecified atom stereocenters. The van der Waals surface area contributed by atoms with Crippen LogP contribution in [0.5, 0.6) is 0 Å². The van der Waals surface area contributed by atoms with Crippen LogP contribution in [0.4, 0.5) is 0 Å². The Hall–Kier alpha value is -0.160. The van der Waals surface area contributed by atoms with E-state index in [1.165, 1.54) is 70.6 Å². The summed E-state index contributed by atoms with van der Waals surface area (Å²) >= 11 is 0. The molecule has 0 aliphatic carbocycles. The molecule has 0 saturated heterocycles. The summed E-state index contributed by atoms with van der Waals surface area (Å²) in [6.07, 6.45) is 15.1.